The maximum atomic E-state index is 13.7. The summed E-state index contributed by atoms with van der Waals surface area (Å²) in [7, 11) is 1.62. The number of amides is 1. The van der Waals surface area contributed by atoms with Crippen molar-refractivity contribution in [2.75, 3.05) is 7.05 Å². The third-order valence-corrected chi connectivity index (χ3v) is 3.47. The van der Waals surface area contributed by atoms with Crippen LogP contribution in [0.15, 0.2) is 36.7 Å². The van der Waals surface area contributed by atoms with E-state index >= 15 is 0 Å². The fourth-order valence-electron chi connectivity index (χ4n) is 1.94. The zero-order valence-electron chi connectivity index (χ0n) is 11.3. The van der Waals surface area contributed by atoms with Crippen LogP contribution in [0, 0.1) is 5.82 Å². The minimum atomic E-state index is -0.444. The van der Waals surface area contributed by atoms with Gasteiger partial charge in [0.05, 0.1) is 0 Å². The van der Waals surface area contributed by atoms with Crippen LogP contribution in [-0.4, -0.2) is 27.6 Å². The summed E-state index contributed by atoms with van der Waals surface area (Å²) in [4.78, 5) is 13.7. The van der Waals surface area contributed by atoms with E-state index in [4.69, 9.17) is 11.6 Å². The lowest BCUT2D eigenvalue weighted by molar-refractivity contribution is -0.133. The molecule has 0 aliphatic carbocycles. The number of benzene rings is 1. The van der Waals surface area contributed by atoms with Gasteiger partial charge in [0.1, 0.15) is 11.9 Å². The van der Waals surface area contributed by atoms with Gasteiger partial charge in [-0.25, -0.2) is 4.39 Å². The van der Waals surface area contributed by atoms with E-state index in [1.165, 1.54) is 17.0 Å². The Kier molecular flexibility index (Phi) is 4.39. The minimum Gasteiger partial charge on any atom is -0.339 e. The van der Waals surface area contributed by atoms with Gasteiger partial charge in [-0.1, -0.05) is 17.7 Å². The number of carbonyl (C=O) groups is 1. The summed E-state index contributed by atoms with van der Waals surface area (Å²) >= 11 is 5.96. The zero-order valence-corrected chi connectivity index (χ0v) is 12.0. The first-order valence-electron chi connectivity index (χ1n) is 6.17. The number of rotatable bonds is 4. The maximum Gasteiger partial charge on any atom is 0.247 e. The van der Waals surface area contributed by atoms with Gasteiger partial charge in [-0.2, -0.15) is 5.10 Å². The monoisotopic (exact) mass is 295 g/mol. The van der Waals surface area contributed by atoms with Crippen molar-refractivity contribution < 1.29 is 9.18 Å². The molecule has 1 heterocycles. The van der Waals surface area contributed by atoms with E-state index in [2.05, 4.69) is 5.10 Å². The summed E-state index contributed by atoms with van der Waals surface area (Å²) in [5.74, 6) is -0.572. The normalized spacial score (nSPS) is 12.2. The van der Waals surface area contributed by atoms with Crippen molar-refractivity contribution in [3.63, 3.8) is 0 Å². The molecule has 2 aromatic rings. The topological polar surface area (TPSA) is 38.1 Å². The summed E-state index contributed by atoms with van der Waals surface area (Å²) in [6.07, 6.45) is 3.32. The Morgan fingerprint density at radius 2 is 2.25 bits per heavy atom. The molecule has 6 heteroatoms. The minimum absolute atomic E-state index is 0.121. The van der Waals surface area contributed by atoms with Crippen molar-refractivity contribution in [3.8, 4) is 0 Å². The summed E-state index contributed by atoms with van der Waals surface area (Å²) in [6.45, 7) is 1.87. The van der Waals surface area contributed by atoms with Crippen LogP contribution in [0.4, 0.5) is 4.39 Å². The first-order chi connectivity index (χ1) is 9.50. The van der Waals surface area contributed by atoms with Crippen LogP contribution in [0.25, 0.3) is 0 Å². The second kappa shape index (κ2) is 6.05. The molecule has 4 nitrogen and oxygen atoms in total. The van der Waals surface area contributed by atoms with E-state index in [9.17, 15) is 9.18 Å². The number of likely N-dealkylation sites (N-methyl/N-ethyl adjacent to an activating group) is 1. The van der Waals surface area contributed by atoms with Crippen molar-refractivity contribution in [2.24, 2.45) is 0 Å². The standard InChI is InChI=1S/C14H15ClFN3O/c1-10(19-8-4-7-17-19)14(20)18(2)9-11-12(15)5-3-6-13(11)16/h3-8,10H,9H2,1-2H3. The van der Waals surface area contributed by atoms with Gasteiger partial charge in [0, 0.05) is 36.6 Å². The van der Waals surface area contributed by atoms with Crippen molar-refractivity contribution in [2.45, 2.75) is 19.5 Å². The molecule has 0 saturated carbocycles. The van der Waals surface area contributed by atoms with Crippen LogP contribution >= 0.6 is 11.6 Å². The second-order valence-corrected chi connectivity index (χ2v) is 4.96. The maximum absolute atomic E-state index is 13.7. The molecular weight excluding hydrogens is 281 g/mol. The highest BCUT2D eigenvalue weighted by Crippen LogP contribution is 2.21. The number of hydrogen-bond acceptors (Lipinski definition) is 2. The van der Waals surface area contributed by atoms with E-state index in [0.717, 1.165) is 0 Å². The zero-order chi connectivity index (χ0) is 14.7. The number of nitrogens with zero attached hydrogens (tertiary/aromatic N) is 3. The van der Waals surface area contributed by atoms with Crippen molar-refractivity contribution in [3.05, 3.63) is 53.1 Å². The first-order valence-corrected chi connectivity index (χ1v) is 6.55. The van der Waals surface area contributed by atoms with Gasteiger partial charge in [0.25, 0.3) is 0 Å². The van der Waals surface area contributed by atoms with E-state index in [1.54, 1.807) is 43.2 Å². The lowest BCUT2D eigenvalue weighted by Crippen LogP contribution is -2.33. The van der Waals surface area contributed by atoms with Gasteiger partial charge in [-0.3, -0.25) is 9.48 Å². The van der Waals surface area contributed by atoms with Gasteiger partial charge in [-0.15, -0.1) is 0 Å². The SMILES string of the molecule is CC(C(=O)N(C)Cc1c(F)cccc1Cl)n1cccn1. The predicted octanol–water partition coefficient (Wildman–Crippen LogP) is 2.90. The summed E-state index contributed by atoms with van der Waals surface area (Å²) < 4.78 is 15.3. The summed E-state index contributed by atoms with van der Waals surface area (Å²) in [6, 6.07) is 5.78. The highest BCUT2D eigenvalue weighted by Gasteiger charge is 2.21. The van der Waals surface area contributed by atoms with Gasteiger partial charge in [0.2, 0.25) is 5.91 Å². The van der Waals surface area contributed by atoms with Gasteiger partial charge in [-0.05, 0) is 25.1 Å². The Labute approximate surface area is 121 Å². The molecule has 1 aromatic carbocycles. The molecular formula is C14H15ClFN3O. The number of hydrogen-bond donors (Lipinski definition) is 0. The van der Waals surface area contributed by atoms with Gasteiger partial charge in [0.15, 0.2) is 0 Å². The van der Waals surface area contributed by atoms with Gasteiger partial charge >= 0.3 is 0 Å². The summed E-state index contributed by atoms with van der Waals surface area (Å²) in [5.41, 5.74) is 0.317. The third-order valence-electron chi connectivity index (χ3n) is 3.11. The average molecular weight is 296 g/mol. The Balaban J connectivity index is 2.12. The van der Waals surface area contributed by atoms with E-state index in [0.29, 0.717) is 10.6 Å². The van der Waals surface area contributed by atoms with Crippen LogP contribution in [-0.2, 0) is 11.3 Å². The average Bonchev–Trinajstić information content (AvgIpc) is 2.95. The fraction of sp³-hybridized carbons (Fsp3) is 0.286. The molecule has 1 amide bonds. The number of carbonyl (C=O) groups excluding carboxylic acids is 1. The highest BCUT2D eigenvalue weighted by molar-refractivity contribution is 6.31. The molecule has 0 radical (unpaired) electrons. The third kappa shape index (κ3) is 2.99. The lowest BCUT2D eigenvalue weighted by Gasteiger charge is -2.22. The molecule has 1 atom stereocenters. The second-order valence-electron chi connectivity index (χ2n) is 4.56. The molecule has 0 saturated heterocycles. The van der Waals surface area contributed by atoms with Crippen LogP contribution in [0.3, 0.4) is 0 Å². The smallest absolute Gasteiger partial charge is 0.247 e. The van der Waals surface area contributed by atoms with Crippen LogP contribution in [0.2, 0.25) is 5.02 Å². The molecule has 20 heavy (non-hydrogen) atoms. The largest absolute Gasteiger partial charge is 0.339 e. The van der Waals surface area contributed by atoms with Crippen molar-refractivity contribution >= 4 is 17.5 Å². The molecule has 0 aliphatic heterocycles. The van der Waals surface area contributed by atoms with E-state index in [1.807, 2.05) is 0 Å². The van der Waals surface area contributed by atoms with Crippen LogP contribution in [0.5, 0.6) is 0 Å². The first kappa shape index (κ1) is 14.5. The Bertz CT molecular complexity index is 580. The lowest BCUT2D eigenvalue weighted by atomic mass is 10.2. The highest BCUT2D eigenvalue weighted by atomic mass is 35.5. The quantitative estimate of drug-likeness (QED) is 0.870. The molecule has 0 N–H and O–H groups in total. The number of aromatic nitrogens is 2. The molecule has 106 valence electrons. The molecule has 0 aliphatic rings. The fourth-order valence-corrected chi connectivity index (χ4v) is 2.16. The van der Waals surface area contributed by atoms with Crippen molar-refractivity contribution in [1.29, 1.82) is 0 Å². The predicted molar refractivity (Wildman–Crippen MR) is 74.8 cm³/mol. The van der Waals surface area contributed by atoms with Crippen LogP contribution in [0.1, 0.15) is 18.5 Å². The molecule has 2 rings (SSSR count). The van der Waals surface area contributed by atoms with Crippen LogP contribution < -0.4 is 0 Å². The molecule has 1 aromatic heterocycles. The van der Waals surface area contributed by atoms with E-state index < -0.39 is 11.9 Å². The Hall–Kier alpha value is -1.88. The molecule has 0 fully saturated rings. The molecule has 1 unspecified atom stereocenters. The molecule has 0 bridgehead atoms. The van der Waals surface area contributed by atoms with Gasteiger partial charge < -0.3 is 4.90 Å². The van der Waals surface area contributed by atoms with E-state index in [-0.39, 0.29) is 12.5 Å². The number of halogens is 2. The Morgan fingerprint density at radius 1 is 1.50 bits per heavy atom. The Morgan fingerprint density at radius 3 is 2.85 bits per heavy atom. The molecule has 0 spiro atoms. The van der Waals surface area contributed by atoms with Crippen molar-refractivity contribution in [1.82, 2.24) is 14.7 Å². The summed E-state index contributed by atoms with van der Waals surface area (Å²) in [5, 5.41) is 4.35.